The normalized spacial score (nSPS) is 10.0. The van der Waals surface area contributed by atoms with Crippen LogP contribution in [0.3, 0.4) is 0 Å². The Hall–Kier alpha value is -2.64. The number of amides is 1. The molecule has 0 radical (unpaired) electrons. The van der Waals surface area contributed by atoms with Gasteiger partial charge in [0, 0.05) is 5.02 Å². The molecule has 0 aliphatic heterocycles. The number of carboxylic acid groups (broad SMARTS) is 1. The molecule has 2 aromatic rings. The molecule has 0 saturated carbocycles. The van der Waals surface area contributed by atoms with Crippen molar-refractivity contribution in [3.63, 3.8) is 0 Å². The van der Waals surface area contributed by atoms with Gasteiger partial charge in [-0.05, 0) is 55.0 Å². The predicted octanol–water partition coefficient (Wildman–Crippen LogP) is 3.24. The van der Waals surface area contributed by atoms with Crippen LogP contribution in [0, 0.1) is 6.92 Å². The maximum absolute atomic E-state index is 11.9. The van der Waals surface area contributed by atoms with Crippen molar-refractivity contribution in [2.45, 2.75) is 6.92 Å². The van der Waals surface area contributed by atoms with Crippen LogP contribution >= 0.6 is 23.8 Å². The maximum atomic E-state index is 11.9. The Morgan fingerprint density at radius 1 is 1.24 bits per heavy atom. The van der Waals surface area contributed by atoms with Gasteiger partial charge in [0.05, 0.1) is 11.3 Å². The second kappa shape index (κ2) is 8.46. The lowest BCUT2D eigenvalue weighted by atomic mass is 10.2. The molecule has 1 amide bonds. The van der Waals surface area contributed by atoms with Crippen LogP contribution in [0.1, 0.15) is 15.9 Å². The van der Waals surface area contributed by atoms with Gasteiger partial charge >= 0.3 is 5.97 Å². The Balaban J connectivity index is 1.90. The molecule has 6 nitrogen and oxygen atoms in total. The van der Waals surface area contributed by atoms with Crippen LogP contribution < -0.4 is 15.4 Å². The number of para-hydroxylation sites is 1. The molecule has 130 valence electrons. The fourth-order valence-electron chi connectivity index (χ4n) is 2.01. The Morgan fingerprint density at radius 3 is 2.64 bits per heavy atom. The third-order valence-corrected chi connectivity index (χ3v) is 3.59. The molecular formula is C17H15ClN2O4S. The van der Waals surface area contributed by atoms with Gasteiger partial charge in [0.25, 0.3) is 5.91 Å². The third kappa shape index (κ3) is 5.44. The molecule has 3 N–H and O–H groups in total. The monoisotopic (exact) mass is 378 g/mol. The van der Waals surface area contributed by atoms with Crippen molar-refractivity contribution in [1.29, 1.82) is 0 Å². The molecule has 0 heterocycles. The maximum Gasteiger partial charge on any atom is 0.337 e. The number of aryl methyl sites for hydroxylation is 1. The number of hydrogen-bond acceptors (Lipinski definition) is 4. The highest BCUT2D eigenvalue weighted by Crippen LogP contribution is 2.21. The number of ether oxygens (including phenoxy) is 1. The first-order chi connectivity index (χ1) is 11.9. The molecule has 8 heteroatoms. The molecule has 0 bridgehead atoms. The summed E-state index contributed by atoms with van der Waals surface area (Å²) >= 11 is 10.9. The van der Waals surface area contributed by atoms with Gasteiger partial charge in [-0.25, -0.2) is 4.79 Å². The number of thiocarbonyl (C=S) groups is 1. The fourth-order valence-corrected chi connectivity index (χ4v) is 2.46. The largest absolute Gasteiger partial charge is 0.483 e. The number of nitrogens with one attached hydrogen (secondary N) is 2. The summed E-state index contributed by atoms with van der Waals surface area (Å²) in [5, 5.41) is 14.8. The zero-order valence-corrected chi connectivity index (χ0v) is 14.8. The van der Waals surface area contributed by atoms with Gasteiger partial charge in [-0.15, -0.1) is 0 Å². The van der Waals surface area contributed by atoms with Crippen molar-refractivity contribution in [2.24, 2.45) is 0 Å². The van der Waals surface area contributed by atoms with Crippen LogP contribution in [0.4, 0.5) is 5.69 Å². The SMILES string of the molecule is Cc1cc(Cl)ccc1OCC(=O)NC(=S)Nc1ccccc1C(=O)O. The Bertz CT molecular complexity index is 826. The fraction of sp³-hybridized carbons (Fsp3) is 0.118. The summed E-state index contributed by atoms with van der Waals surface area (Å²) in [5.74, 6) is -1.03. The second-order valence-corrected chi connectivity index (χ2v) is 5.90. The Labute approximate surface area is 154 Å². The summed E-state index contributed by atoms with van der Waals surface area (Å²) in [5.41, 5.74) is 1.14. The van der Waals surface area contributed by atoms with Gasteiger partial charge in [0.1, 0.15) is 5.75 Å². The van der Waals surface area contributed by atoms with Crippen molar-refractivity contribution in [3.8, 4) is 5.75 Å². The zero-order valence-electron chi connectivity index (χ0n) is 13.2. The van der Waals surface area contributed by atoms with E-state index in [9.17, 15) is 9.59 Å². The molecule has 0 spiro atoms. The Morgan fingerprint density at radius 2 is 1.96 bits per heavy atom. The summed E-state index contributed by atoms with van der Waals surface area (Å²) < 4.78 is 5.41. The van der Waals surface area contributed by atoms with Gasteiger partial charge in [0.15, 0.2) is 11.7 Å². The highest BCUT2D eigenvalue weighted by atomic mass is 35.5. The lowest BCUT2D eigenvalue weighted by Gasteiger charge is -2.12. The molecule has 0 unspecified atom stereocenters. The summed E-state index contributed by atoms with van der Waals surface area (Å²) in [4.78, 5) is 23.0. The van der Waals surface area contributed by atoms with E-state index in [0.29, 0.717) is 10.8 Å². The van der Waals surface area contributed by atoms with Crippen molar-refractivity contribution in [3.05, 3.63) is 58.6 Å². The van der Waals surface area contributed by atoms with E-state index in [0.717, 1.165) is 5.56 Å². The molecule has 0 fully saturated rings. The first-order valence-corrected chi connectivity index (χ1v) is 7.97. The standard InChI is InChI=1S/C17H15ClN2O4S/c1-10-8-11(18)6-7-14(10)24-9-15(21)20-17(25)19-13-5-3-2-4-12(13)16(22)23/h2-8H,9H2,1H3,(H,22,23)(H2,19,20,21,25). The van der Waals surface area contributed by atoms with Crippen molar-refractivity contribution < 1.29 is 19.4 Å². The van der Waals surface area contributed by atoms with Crippen LogP contribution in [-0.2, 0) is 4.79 Å². The molecule has 0 saturated heterocycles. The van der Waals surface area contributed by atoms with E-state index >= 15 is 0 Å². The second-order valence-electron chi connectivity index (χ2n) is 5.05. The van der Waals surface area contributed by atoms with E-state index in [1.54, 1.807) is 36.4 Å². The van der Waals surface area contributed by atoms with Gasteiger partial charge in [-0.3, -0.25) is 10.1 Å². The van der Waals surface area contributed by atoms with E-state index in [1.165, 1.54) is 6.07 Å². The van der Waals surface area contributed by atoms with Gasteiger partial charge in [0.2, 0.25) is 0 Å². The minimum atomic E-state index is -1.10. The quantitative estimate of drug-likeness (QED) is 0.692. The van der Waals surface area contributed by atoms with Gasteiger partial charge < -0.3 is 15.2 Å². The number of hydrogen-bond donors (Lipinski definition) is 3. The molecule has 0 aliphatic carbocycles. The summed E-state index contributed by atoms with van der Waals surface area (Å²) in [6.45, 7) is 1.57. The average molecular weight is 379 g/mol. The van der Waals surface area contributed by atoms with E-state index in [2.05, 4.69) is 10.6 Å². The van der Waals surface area contributed by atoms with Crippen LogP contribution in [0.5, 0.6) is 5.75 Å². The van der Waals surface area contributed by atoms with E-state index in [1.807, 2.05) is 6.92 Å². The van der Waals surface area contributed by atoms with E-state index < -0.39 is 11.9 Å². The number of halogens is 1. The van der Waals surface area contributed by atoms with Crippen LogP contribution in [0.2, 0.25) is 5.02 Å². The smallest absolute Gasteiger partial charge is 0.337 e. The third-order valence-electron chi connectivity index (χ3n) is 3.15. The summed E-state index contributed by atoms with van der Waals surface area (Å²) in [6, 6.07) is 11.3. The number of rotatable bonds is 5. The number of carbonyl (C=O) groups is 2. The Kier molecular flexibility index (Phi) is 6.32. The predicted molar refractivity (Wildman–Crippen MR) is 99.4 cm³/mol. The topological polar surface area (TPSA) is 87.7 Å². The molecule has 0 aromatic heterocycles. The van der Waals surface area contributed by atoms with Gasteiger partial charge in [-0.2, -0.15) is 0 Å². The minimum absolute atomic E-state index is 0.0184. The zero-order chi connectivity index (χ0) is 18.4. The average Bonchev–Trinajstić information content (AvgIpc) is 2.54. The molecule has 0 aliphatic rings. The first-order valence-electron chi connectivity index (χ1n) is 7.19. The molecule has 0 atom stereocenters. The lowest BCUT2D eigenvalue weighted by Crippen LogP contribution is -2.37. The molecule has 2 aromatic carbocycles. The molecular weight excluding hydrogens is 364 g/mol. The number of carboxylic acids is 1. The lowest BCUT2D eigenvalue weighted by molar-refractivity contribution is -0.121. The van der Waals surface area contributed by atoms with Gasteiger partial charge in [-0.1, -0.05) is 23.7 Å². The number of carbonyl (C=O) groups excluding carboxylic acids is 1. The first kappa shape index (κ1) is 18.7. The van der Waals surface area contributed by atoms with E-state index in [4.69, 9.17) is 33.7 Å². The highest BCUT2D eigenvalue weighted by molar-refractivity contribution is 7.80. The number of aromatic carboxylic acids is 1. The highest BCUT2D eigenvalue weighted by Gasteiger charge is 2.12. The number of anilines is 1. The van der Waals surface area contributed by atoms with Crippen molar-refractivity contribution in [2.75, 3.05) is 11.9 Å². The van der Waals surface area contributed by atoms with Crippen molar-refractivity contribution in [1.82, 2.24) is 5.32 Å². The van der Waals surface area contributed by atoms with Crippen LogP contribution in [0.25, 0.3) is 0 Å². The molecule has 2 rings (SSSR count). The summed E-state index contributed by atoms with van der Waals surface area (Å²) in [7, 11) is 0. The number of benzene rings is 2. The molecule has 25 heavy (non-hydrogen) atoms. The summed E-state index contributed by atoms with van der Waals surface area (Å²) in [6.07, 6.45) is 0. The van der Waals surface area contributed by atoms with Crippen LogP contribution in [0.15, 0.2) is 42.5 Å². The van der Waals surface area contributed by atoms with E-state index in [-0.39, 0.29) is 23.0 Å². The minimum Gasteiger partial charge on any atom is -0.483 e. The van der Waals surface area contributed by atoms with Crippen LogP contribution in [-0.4, -0.2) is 28.7 Å². The van der Waals surface area contributed by atoms with Crippen molar-refractivity contribution >= 4 is 46.5 Å².